The SMILES string of the molecule is CCCn1c(CNC(=O)CCc2ccccc2)nc2ccccc21. The first kappa shape index (κ1) is 16.2. The number of nitrogens with zero attached hydrogens (tertiary/aromatic N) is 2. The van der Waals surface area contributed by atoms with E-state index in [1.807, 2.05) is 48.5 Å². The van der Waals surface area contributed by atoms with E-state index in [9.17, 15) is 4.79 Å². The Balaban J connectivity index is 1.62. The average Bonchev–Trinajstić information content (AvgIpc) is 2.97. The molecule has 0 saturated carbocycles. The summed E-state index contributed by atoms with van der Waals surface area (Å²) < 4.78 is 2.20. The van der Waals surface area contributed by atoms with E-state index in [2.05, 4.69) is 27.9 Å². The van der Waals surface area contributed by atoms with Gasteiger partial charge in [0.1, 0.15) is 5.82 Å². The lowest BCUT2D eigenvalue weighted by atomic mass is 10.1. The van der Waals surface area contributed by atoms with Crippen LogP contribution in [0.5, 0.6) is 0 Å². The first-order chi connectivity index (χ1) is 11.8. The molecule has 0 aliphatic heterocycles. The van der Waals surface area contributed by atoms with Crippen molar-refractivity contribution in [1.29, 1.82) is 0 Å². The second-order valence-corrected chi connectivity index (χ2v) is 5.93. The predicted octanol–water partition coefficient (Wildman–Crippen LogP) is 3.70. The molecule has 4 heteroatoms. The van der Waals surface area contributed by atoms with Crippen molar-refractivity contribution < 1.29 is 4.79 Å². The molecular formula is C20H23N3O. The molecule has 3 aromatic rings. The zero-order valence-corrected chi connectivity index (χ0v) is 14.0. The first-order valence-electron chi connectivity index (χ1n) is 8.52. The molecule has 4 nitrogen and oxygen atoms in total. The highest BCUT2D eigenvalue weighted by atomic mass is 16.1. The number of aryl methyl sites for hydroxylation is 2. The number of hydrogen-bond donors (Lipinski definition) is 1. The van der Waals surface area contributed by atoms with E-state index in [-0.39, 0.29) is 5.91 Å². The number of imidazole rings is 1. The summed E-state index contributed by atoms with van der Waals surface area (Å²) in [6, 6.07) is 18.2. The van der Waals surface area contributed by atoms with Gasteiger partial charge >= 0.3 is 0 Å². The van der Waals surface area contributed by atoms with Crippen LogP contribution in [-0.2, 0) is 24.3 Å². The monoisotopic (exact) mass is 321 g/mol. The van der Waals surface area contributed by atoms with Crippen LogP contribution in [0.4, 0.5) is 0 Å². The van der Waals surface area contributed by atoms with Gasteiger partial charge in [-0.2, -0.15) is 0 Å². The number of carbonyl (C=O) groups is 1. The number of fused-ring (bicyclic) bond motifs is 1. The number of hydrogen-bond acceptors (Lipinski definition) is 2. The Morgan fingerprint density at radius 3 is 2.62 bits per heavy atom. The van der Waals surface area contributed by atoms with Gasteiger partial charge in [-0.25, -0.2) is 4.98 Å². The number of benzene rings is 2. The van der Waals surface area contributed by atoms with E-state index < -0.39 is 0 Å². The molecule has 24 heavy (non-hydrogen) atoms. The standard InChI is InChI=1S/C20H23N3O/c1-2-14-23-18-11-7-6-10-17(18)22-19(23)15-21-20(24)13-12-16-8-4-3-5-9-16/h3-11H,2,12-15H2,1H3,(H,21,24). The number of carbonyl (C=O) groups excluding carboxylic acids is 1. The van der Waals surface area contributed by atoms with Gasteiger partial charge in [0, 0.05) is 13.0 Å². The normalized spacial score (nSPS) is 10.9. The highest BCUT2D eigenvalue weighted by Gasteiger charge is 2.11. The summed E-state index contributed by atoms with van der Waals surface area (Å²) in [5, 5.41) is 3.01. The van der Waals surface area contributed by atoms with Crippen LogP contribution in [0.15, 0.2) is 54.6 Å². The molecule has 1 amide bonds. The van der Waals surface area contributed by atoms with E-state index >= 15 is 0 Å². The molecule has 1 heterocycles. The number of rotatable bonds is 7. The molecule has 0 fully saturated rings. The number of amides is 1. The van der Waals surface area contributed by atoms with E-state index in [1.165, 1.54) is 5.56 Å². The van der Waals surface area contributed by atoms with Gasteiger partial charge in [0.05, 0.1) is 17.6 Å². The van der Waals surface area contributed by atoms with Crippen LogP contribution in [0.3, 0.4) is 0 Å². The zero-order chi connectivity index (χ0) is 16.8. The Kier molecular flexibility index (Phi) is 5.26. The van der Waals surface area contributed by atoms with E-state index in [1.54, 1.807) is 0 Å². The minimum atomic E-state index is 0.0638. The Morgan fingerprint density at radius 2 is 1.83 bits per heavy atom. The first-order valence-corrected chi connectivity index (χ1v) is 8.52. The maximum absolute atomic E-state index is 12.1. The van der Waals surface area contributed by atoms with Gasteiger partial charge in [-0.1, -0.05) is 49.4 Å². The van der Waals surface area contributed by atoms with Crippen molar-refractivity contribution in [1.82, 2.24) is 14.9 Å². The van der Waals surface area contributed by atoms with Crippen LogP contribution in [-0.4, -0.2) is 15.5 Å². The van der Waals surface area contributed by atoms with E-state index in [0.29, 0.717) is 13.0 Å². The molecule has 0 aliphatic rings. The van der Waals surface area contributed by atoms with Crippen LogP contribution >= 0.6 is 0 Å². The van der Waals surface area contributed by atoms with Gasteiger partial charge in [0.25, 0.3) is 0 Å². The van der Waals surface area contributed by atoms with Crippen molar-refractivity contribution >= 4 is 16.9 Å². The summed E-state index contributed by atoms with van der Waals surface area (Å²) in [4.78, 5) is 16.8. The molecule has 0 atom stereocenters. The van der Waals surface area contributed by atoms with Gasteiger partial charge in [-0.3, -0.25) is 4.79 Å². The third kappa shape index (κ3) is 3.82. The Labute approximate surface area is 142 Å². The second kappa shape index (κ2) is 7.77. The number of nitrogens with one attached hydrogen (secondary N) is 1. The summed E-state index contributed by atoms with van der Waals surface area (Å²) in [6.07, 6.45) is 2.30. The second-order valence-electron chi connectivity index (χ2n) is 5.93. The highest BCUT2D eigenvalue weighted by Crippen LogP contribution is 2.16. The van der Waals surface area contributed by atoms with E-state index in [0.717, 1.165) is 36.2 Å². The largest absolute Gasteiger partial charge is 0.349 e. The van der Waals surface area contributed by atoms with Gasteiger partial charge in [-0.15, -0.1) is 0 Å². The maximum Gasteiger partial charge on any atom is 0.220 e. The molecule has 1 aromatic heterocycles. The number of aromatic nitrogens is 2. The molecular weight excluding hydrogens is 298 g/mol. The van der Waals surface area contributed by atoms with Crippen LogP contribution in [0, 0.1) is 0 Å². The average molecular weight is 321 g/mol. The molecule has 2 aromatic carbocycles. The quantitative estimate of drug-likeness (QED) is 0.721. The zero-order valence-electron chi connectivity index (χ0n) is 14.0. The Bertz CT molecular complexity index is 808. The molecule has 0 saturated heterocycles. The molecule has 0 spiro atoms. The number of para-hydroxylation sites is 2. The summed E-state index contributed by atoms with van der Waals surface area (Å²) in [5.74, 6) is 0.986. The third-order valence-corrected chi connectivity index (χ3v) is 4.11. The lowest BCUT2D eigenvalue weighted by Crippen LogP contribution is -2.25. The molecule has 3 rings (SSSR count). The maximum atomic E-state index is 12.1. The summed E-state index contributed by atoms with van der Waals surface area (Å²) in [5.41, 5.74) is 3.30. The van der Waals surface area contributed by atoms with Crippen molar-refractivity contribution in [3.8, 4) is 0 Å². The van der Waals surface area contributed by atoms with Crippen LogP contribution in [0.2, 0.25) is 0 Å². The van der Waals surface area contributed by atoms with Crippen molar-refractivity contribution in [3.05, 3.63) is 66.0 Å². The molecule has 0 radical (unpaired) electrons. The summed E-state index contributed by atoms with van der Waals surface area (Å²) >= 11 is 0. The summed E-state index contributed by atoms with van der Waals surface area (Å²) in [7, 11) is 0. The molecule has 0 unspecified atom stereocenters. The van der Waals surface area contributed by atoms with Crippen LogP contribution in [0.1, 0.15) is 31.2 Å². The van der Waals surface area contributed by atoms with Crippen molar-refractivity contribution in [2.45, 2.75) is 39.3 Å². The highest BCUT2D eigenvalue weighted by molar-refractivity contribution is 5.77. The fourth-order valence-corrected chi connectivity index (χ4v) is 2.90. The van der Waals surface area contributed by atoms with Crippen LogP contribution < -0.4 is 5.32 Å². The van der Waals surface area contributed by atoms with Gasteiger partial charge < -0.3 is 9.88 Å². The van der Waals surface area contributed by atoms with Crippen molar-refractivity contribution in [3.63, 3.8) is 0 Å². The fraction of sp³-hybridized carbons (Fsp3) is 0.300. The van der Waals surface area contributed by atoms with E-state index in [4.69, 9.17) is 0 Å². The lowest BCUT2D eigenvalue weighted by molar-refractivity contribution is -0.121. The minimum absolute atomic E-state index is 0.0638. The molecule has 0 bridgehead atoms. The lowest BCUT2D eigenvalue weighted by Gasteiger charge is -2.09. The third-order valence-electron chi connectivity index (χ3n) is 4.11. The smallest absolute Gasteiger partial charge is 0.220 e. The molecule has 124 valence electrons. The van der Waals surface area contributed by atoms with Gasteiger partial charge in [-0.05, 0) is 30.5 Å². The molecule has 1 N–H and O–H groups in total. The van der Waals surface area contributed by atoms with Crippen LogP contribution in [0.25, 0.3) is 11.0 Å². The Morgan fingerprint density at radius 1 is 1.08 bits per heavy atom. The Hall–Kier alpha value is -2.62. The van der Waals surface area contributed by atoms with Gasteiger partial charge in [0.15, 0.2) is 0 Å². The fourth-order valence-electron chi connectivity index (χ4n) is 2.90. The predicted molar refractivity (Wildman–Crippen MR) is 96.6 cm³/mol. The summed E-state index contributed by atoms with van der Waals surface area (Å²) in [6.45, 7) is 3.54. The van der Waals surface area contributed by atoms with Gasteiger partial charge in [0.2, 0.25) is 5.91 Å². The van der Waals surface area contributed by atoms with Crippen molar-refractivity contribution in [2.24, 2.45) is 0 Å². The minimum Gasteiger partial charge on any atom is -0.349 e. The van der Waals surface area contributed by atoms with Crippen molar-refractivity contribution in [2.75, 3.05) is 0 Å². The molecule has 0 aliphatic carbocycles. The topological polar surface area (TPSA) is 46.9 Å².